The average Bonchev–Trinajstić information content (AvgIpc) is 2.92. The molecule has 0 aliphatic carbocycles. The van der Waals surface area contributed by atoms with Crippen molar-refractivity contribution in [1.29, 1.82) is 0 Å². The van der Waals surface area contributed by atoms with Gasteiger partial charge in [0.1, 0.15) is 5.82 Å². The first kappa shape index (κ1) is 17.1. The van der Waals surface area contributed by atoms with Crippen LogP contribution >= 0.6 is 0 Å². The van der Waals surface area contributed by atoms with Crippen LogP contribution in [0.4, 0.5) is 5.82 Å². The van der Waals surface area contributed by atoms with E-state index >= 15 is 0 Å². The van der Waals surface area contributed by atoms with Gasteiger partial charge in [-0.2, -0.15) is 9.78 Å². The molecule has 126 valence electrons. The normalized spacial score (nSPS) is 10.2. The summed E-state index contributed by atoms with van der Waals surface area (Å²) < 4.78 is 1.27. The Morgan fingerprint density at radius 3 is 2.79 bits per heavy atom. The number of aromatic nitrogens is 4. The fraction of sp³-hybridized carbons (Fsp3) is 0.267. The number of anilines is 1. The smallest absolute Gasteiger partial charge is 0.314 e. The minimum Gasteiger partial charge on any atom is -0.344 e. The molecule has 0 saturated carbocycles. The standard InChI is InChI=1S/C15H18N6O3/c1-4-6-16-13(23)14(24)18-11-7-9(3)20-21(11)15-17-10(5-2)8-12(22)19-15/h4,7-8H,1,5-6H2,2-3H3,(H,16,23)(H,18,24)(H,17,19,22). The van der Waals surface area contributed by atoms with Gasteiger partial charge in [0.15, 0.2) is 0 Å². The molecule has 0 aliphatic heterocycles. The van der Waals surface area contributed by atoms with Gasteiger partial charge < -0.3 is 10.6 Å². The molecule has 0 saturated heterocycles. The summed E-state index contributed by atoms with van der Waals surface area (Å²) in [4.78, 5) is 42.1. The van der Waals surface area contributed by atoms with Crippen LogP contribution in [0.2, 0.25) is 0 Å². The van der Waals surface area contributed by atoms with Crippen molar-refractivity contribution in [2.45, 2.75) is 20.3 Å². The molecule has 2 heterocycles. The fourth-order valence-corrected chi connectivity index (χ4v) is 1.94. The van der Waals surface area contributed by atoms with Gasteiger partial charge in [-0.05, 0) is 13.3 Å². The van der Waals surface area contributed by atoms with Gasteiger partial charge >= 0.3 is 11.8 Å². The first-order valence-electron chi connectivity index (χ1n) is 7.32. The fourth-order valence-electron chi connectivity index (χ4n) is 1.94. The van der Waals surface area contributed by atoms with Crippen LogP contribution in [0.1, 0.15) is 18.3 Å². The summed E-state index contributed by atoms with van der Waals surface area (Å²) >= 11 is 0. The van der Waals surface area contributed by atoms with Gasteiger partial charge in [0.05, 0.1) is 5.69 Å². The molecule has 9 heteroatoms. The summed E-state index contributed by atoms with van der Waals surface area (Å²) in [5.74, 6) is -1.27. The first-order chi connectivity index (χ1) is 11.4. The second-order valence-corrected chi connectivity index (χ2v) is 4.95. The summed E-state index contributed by atoms with van der Waals surface area (Å²) in [6.07, 6.45) is 2.04. The summed E-state index contributed by atoms with van der Waals surface area (Å²) in [5, 5.41) is 9.02. The largest absolute Gasteiger partial charge is 0.344 e. The van der Waals surface area contributed by atoms with Crippen LogP contribution in [-0.4, -0.2) is 38.1 Å². The van der Waals surface area contributed by atoms with E-state index in [0.717, 1.165) is 0 Å². The second-order valence-electron chi connectivity index (χ2n) is 4.95. The topological polar surface area (TPSA) is 122 Å². The average molecular weight is 330 g/mol. The van der Waals surface area contributed by atoms with Gasteiger partial charge in [-0.15, -0.1) is 6.58 Å². The predicted octanol–water partition coefficient (Wildman–Crippen LogP) is 0.0671. The highest BCUT2D eigenvalue weighted by molar-refractivity contribution is 6.39. The number of nitrogens with zero attached hydrogens (tertiary/aromatic N) is 3. The van der Waals surface area contributed by atoms with Crippen molar-refractivity contribution in [3.63, 3.8) is 0 Å². The van der Waals surface area contributed by atoms with E-state index in [1.54, 1.807) is 13.0 Å². The maximum absolute atomic E-state index is 11.9. The number of aromatic amines is 1. The number of nitrogens with one attached hydrogen (secondary N) is 3. The zero-order valence-electron chi connectivity index (χ0n) is 13.4. The van der Waals surface area contributed by atoms with Crippen LogP contribution in [0.25, 0.3) is 5.95 Å². The zero-order valence-corrected chi connectivity index (χ0v) is 13.4. The summed E-state index contributed by atoms with van der Waals surface area (Å²) in [7, 11) is 0. The molecule has 2 amide bonds. The Morgan fingerprint density at radius 2 is 2.12 bits per heavy atom. The van der Waals surface area contributed by atoms with Crippen LogP contribution in [0.3, 0.4) is 0 Å². The lowest BCUT2D eigenvalue weighted by Gasteiger charge is -2.08. The van der Waals surface area contributed by atoms with E-state index in [2.05, 4.69) is 32.3 Å². The Bertz CT molecular complexity index is 836. The summed E-state index contributed by atoms with van der Waals surface area (Å²) in [6, 6.07) is 2.96. The van der Waals surface area contributed by atoms with Gasteiger partial charge in [0, 0.05) is 24.4 Å². The van der Waals surface area contributed by atoms with Crippen LogP contribution in [0, 0.1) is 6.92 Å². The Morgan fingerprint density at radius 1 is 1.38 bits per heavy atom. The van der Waals surface area contributed by atoms with Crippen molar-refractivity contribution in [3.8, 4) is 5.95 Å². The quantitative estimate of drug-likeness (QED) is 0.529. The van der Waals surface area contributed by atoms with E-state index in [-0.39, 0.29) is 23.9 Å². The van der Waals surface area contributed by atoms with Crippen LogP contribution in [0.15, 0.2) is 29.6 Å². The van der Waals surface area contributed by atoms with E-state index < -0.39 is 11.8 Å². The lowest BCUT2D eigenvalue weighted by atomic mass is 10.3. The number of carbonyl (C=O) groups excluding carboxylic acids is 2. The minimum absolute atomic E-state index is 0.161. The molecule has 0 aromatic carbocycles. The van der Waals surface area contributed by atoms with E-state index in [9.17, 15) is 14.4 Å². The molecule has 2 aromatic heterocycles. The third kappa shape index (κ3) is 3.94. The van der Waals surface area contributed by atoms with Crippen LogP contribution < -0.4 is 16.2 Å². The Hall–Kier alpha value is -3.23. The van der Waals surface area contributed by atoms with Crippen LogP contribution in [0.5, 0.6) is 0 Å². The van der Waals surface area contributed by atoms with E-state index in [1.165, 1.54) is 16.8 Å². The molecule has 0 unspecified atom stereocenters. The maximum Gasteiger partial charge on any atom is 0.314 e. The van der Waals surface area contributed by atoms with E-state index in [1.807, 2.05) is 6.92 Å². The second kappa shape index (κ2) is 7.36. The molecule has 0 fully saturated rings. The van der Waals surface area contributed by atoms with Crippen molar-refractivity contribution >= 4 is 17.6 Å². The monoisotopic (exact) mass is 330 g/mol. The van der Waals surface area contributed by atoms with Crippen molar-refractivity contribution in [2.75, 3.05) is 11.9 Å². The molecule has 0 radical (unpaired) electrons. The van der Waals surface area contributed by atoms with E-state index in [0.29, 0.717) is 17.8 Å². The zero-order chi connectivity index (χ0) is 17.7. The molecule has 0 aliphatic rings. The first-order valence-corrected chi connectivity index (χ1v) is 7.32. The Labute approximate surface area is 137 Å². The molecule has 2 rings (SSSR count). The molecule has 9 nitrogen and oxygen atoms in total. The Balaban J connectivity index is 2.32. The number of rotatable bonds is 5. The molecule has 0 bridgehead atoms. The van der Waals surface area contributed by atoms with Gasteiger partial charge in [0.25, 0.3) is 5.56 Å². The summed E-state index contributed by atoms with van der Waals surface area (Å²) in [6.45, 7) is 7.22. The van der Waals surface area contributed by atoms with Crippen molar-refractivity contribution < 1.29 is 9.59 Å². The number of aryl methyl sites for hydroxylation is 2. The van der Waals surface area contributed by atoms with Crippen molar-refractivity contribution in [2.24, 2.45) is 0 Å². The van der Waals surface area contributed by atoms with Gasteiger partial charge in [0.2, 0.25) is 5.95 Å². The lowest BCUT2D eigenvalue weighted by Crippen LogP contribution is -2.36. The van der Waals surface area contributed by atoms with Gasteiger partial charge in [-0.1, -0.05) is 13.0 Å². The predicted molar refractivity (Wildman–Crippen MR) is 87.9 cm³/mol. The van der Waals surface area contributed by atoms with Gasteiger partial charge in [-0.25, -0.2) is 4.98 Å². The number of H-pyrrole nitrogens is 1. The molecule has 3 N–H and O–H groups in total. The third-order valence-corrected chi connectivity index (χ3v) is 3.03. The number of amides is 2. The highest BCUT2D eigenvalue weighted by Crippen LogP contribution is 2.14. The van der Waals surface area contributed by atoms with Gasteiger partial charge in [-0.3, -0.25) is 19.4 Å². The lowest BCUT2D eigenvalue weighted by molar-refractivity contribution is -0.136. The highest BCUT2D eigenvalue weighted by Gasteiger charge is 2.17. The Kier molecular flexibility index (Phi) is 5.25. The molecule has 0 atom stereocenters. The van der Waals surface area contributed by atoms with Crippen molar-refractivity contribution in [3.05, 3.63) is 46.5 Å². The maximum atomic E-state index is 11.9. The molecular weight excluding hydrogens is 312 g/mol. The molecular formula is C15H18N6O3. The van der Waals surface area contributed by atoms with Crippen LogP contribution in [-0.2, 0) is 16.0 Å². The number of hydrogen-bond donors (Lipinski definition) is 3. The van der Waals surface area contributed by atoms with Crippen molar-refractivity contribution in [1.82, 2.24) is 25.1 Å². The SMILES string of the molecule is C=CCNC(=O)C(=O)Nc1cc(C)nn1-c1nc(CC)cc(=O)[nH]1. The highest BCUT2D eigenvalue weighted by atomic mass is 16.2. The molecule has 24 heavy (non-hydrogen) atoms. The molecule has 2 aromatic rings. The summed E-state index contributed by atoms with van der Waals surface area (Å²) in [5.41, 5.74) is 0.843. The molecule has 0 spiro atoms. The number of carbonyl (C=O) groups is 2. The number of hydrogen-bond acceptors (Lipinski definition) is 5. The van der Waals surface area contributed by atoms with E-state index in [4.69, 9.17) is 0 Å². The minimum atomic E-state index is -0.855. The third-order valence-electron chi connectivity index (χ3n) is 3.03.